The third kappa shape index (κ3) is 3.03. The molecule has 0 N–H and O–H groups in total. The van der Waals surface area contributed by atoms with E-state index < -0.39 is 0 Å². The van der Waals surface area contributed by atoms with Gasteiger partial charge in [-0.15, -0.1) is 11.3 Å². The van der Waals surface area contributed by atoms with Crippen LogP contribution in [0.15, 0.2) is 140 Å². The SMILES string of the molecule is c1ccc(-c2ccc3ccc4c(-c5ccc(-n6c7ccccc7c7ccccc76)s5)ccc5ccc2c3c54)cc1. The summed E-state index contributed by atoms with van der Waals surface area (Å²) >= 11 is 1.87. The van der Waals surface area contributed by atoms with Gasteiger partial charge in [-0.3, -0.25) is 0 Å². The fraction of sp³-hybridized carbons (Fsp3) is 0. The van der Waals surface area contributed by atoms with Crippen molar-refractivity contribution in [2.45, 2.75) is 0 Å². The zero-order valence-corrected chi connectivity index (χ0v) is 22.5. The molecule has 0 spiro atoms. The lowest BCUT2D eigenvalue weighted by molar-refractivity contribution is 1.22. The minimum atomic E-state index is 1.24. The molecule has 0 aliphatic carbocycles. The minimum Gasteiger partial charge on any atom is -0.301 e. The summed E-state index contributed by atoms with van der Waals surface area (Å²) in [5, 5.41) is 11.8. The molecule has 40 heavy (non-hydrogen) atoms. The molecule has 0 saturated carbocycles. The Labute approximate surface area is 235 Å². The molecule has 0 aliphatic rings. The van der Waals surface area contributed by atoms with E-state index in [4.69, 9.17) is 0 Å². The first kappa shape index (κ1) is 22.0. The van der Waals surface area contributed by atoms with Crippen LogP contribution in [0.25, 0.3) is 80.7 Å². The fourth-order valence-electron chi connectivity index (χ4n) is 6.64. The molecule has 2 heteroatoms. The van der Waals surface area contributed by atoms with Gasteiger partial charge in [0, 0.05) is 15.6 Å². The smallest absolute Gasteiger partial charge is 0.101 e. The van der Waals surface area contributed by atoms with Crippen molar-refractivity contribution in [1.29, 1.82) is 0 Å². The van der Waals surface area contributed by atoms with Gasteiger partial charge in [0.15, 0.2) is 0 Å². The van der Waals surface area contributed by atoms with Gasteiger partial charge in [-0.2, -0.15) is 0 Å². The molecule has 0 bridgehead atoms. The highest BCUT2D eigenvalue weighted by Crippen LogP contribution is 2.44. The van der Waals surface area contributed by atoms with Gasteiger partial charge < -0.3 is 4.57 Å². The van der Waals surface area contributed by atoms with Crippen LogP contribution in [0.1, 0.15) is 0 Å². The number of fused-ring (bicyclic) bond motifs is 3. The van der Waals surface area contributed by atoms with E-state index in [-0.39, 0.29) is 0 Å². The van der Waals surface area contributed by atoms with Gasteiger partial charge in [-0.05, 0) is 73.3 Å². The lowest BCUT2D eigenvalue weighted by atomic mass is 9.88. The van der Waals surface area contributed by atoms with Crippen LogP contribution in [0.3, 0.4) is 0 Å². The Balaban J connectivity index is 1.28. The molecular weight excluding hydrogens is 502 g/mol. The quantitative estimate of drug-likeness (QED) is 0.202. The van der Waals surface area contributed by atoms with E-state index in [0.717, 1.165) is 0 Å². The number of hydrogen-bond donors (Lipinski definition) is 0. The monoisotopic (exact) mass is 525 g/mol. The second-order valence-corrected chi connectivity index (χ2v) is 11.6. The van der Waals surface area contributed by atoms with Crippen molar-refractivity contribution < 1.29 is 0 Å². The van der Waals surface area contributed by atoms with Crippen LogP contribution >= 0.6 is 11.3 Å². The molecule has 9 rings (SSSR count). The van der Waals surface area contributed by atoms with E-state index in [0.29, 0.717) is 0 Å². The normalized spacial score (nSPS) is 12.0. The van der Waals surface area contributed by atoms with Crippen LogP contribution in [-0.4, -0.2) is 4.57 Å². The van der Waals surface area contributed by atoms with E-state index in [2.05, 4.69) is 144 Å². The molecule has 0 aliphatic heterocycles. The summed E-state index contributed by atoms with van der Waals surface area (Å²) in [4.78, 5) is 1.29. The van der Waals surface area contributed by atoms with Gasteiger partial charge in [0.1, 0.15) is 5.00 Å². The molecule has 9 aromatic rings. The maximum Gasteiger partial charge on any atom is 0.101 e. The largest absolute Gasteiger partial charge is 0.301 e. The van der Waals surface area contributed by atoms with Crippen LogP contribution in [0, 0.1) is 0 Å². The van der Waals surface area contributed by atoms with Crippen LogP contribution in [-0.2, 0) is 0 Å². The number of hydrogen-bond acceptors (Lipinski definition) is 1. The lowest BCUT2D eigenvalue weighted by Gasteiger charge is -2.16. The minimum absolute atomic E-state index is 1.24. The molecule has 0 atom stereocenters. The number of rotatable bonds is 3. The summed E-state index contributed by atoms with van der Waals surface area (Å²) < 4.78 is 2.42. The molecule has 2 heterocycles. The Kier molecular flexibility index (Phi) is 4.55. The van der Waals surface area contributed by atoms with Crippen molar-refractivity contribution in [3.63, 3.8) is 0 Å². The van der Waals surface area contributed by atoms with Gasteiger partial charge in [0.05, 0.1) is 11.0 Å². The van der Waals surface area contributed by atoms with Crippen LogP contribution in [0.5, 0.6) is 0 Å². The van der Waals surface area contributed by atoms with Crippen LogP contribution in [0.4, 0.5) is 0 Å². The van der Waals surface area contributed by atoms with E-state index in [1.165, 1.54) is 80.7 Å². The van der Waals surface area contributed by atoms with Gasteiger partial charge in [0.25, 0.3) is 0 Å². The summed E-state index contributed by atoms with van der Waals surface area (Å²) in [6.45, 7) is 0. The van der Waals surface area contributed by atoms with E-state index >= 15 is 0 Å². The summed E-state index contributed by atoms with van der Waals surface area (Å²) in [6, 6.07) is 51.1. The summed E-state index contributed by atoms with van der Waals surface area (Å²) in [6.07, 6.45) is 0. The second kappa shape index (κ2) is 8.29. The van der Waals surface area contributed by atoms with E-state index in [1.807, 2.05) is 11.3 Å². The van der Waals surface area contributed by atoms with Gasteiger partial charge in [-0.1, -0.05) is 115 Å². The van der Waals surface area contributed by atoms with Gasteiger partial charge >= 0.3 is 0 Å². The highest BCUT2D eigenvalue weighted by atomic mass is 32.1. The van der Waals surface area contributed by atoms with Crippen molar-refractivity contribution in [3.05, 3.63) is 140 Å². The van der Waals surface area contributed by atoms with Crippen LogP contribution < -0.4 is 0 Å². The van der Waals surface area contributed by atoms with E-state index in [1.54, 1.807) is 0 Å². The fourth-order valence-corrected chi connectivity index (χ4v) is 7.71. The van der Waals surface area contributed by atoms with Crippen LogP contribution in [0.2, 0.25) is 0 Å². The van der Waals surface area contributed by atoms with Crippen molar-refractivity contribution in [2.75, 3.05) is 0 Å². The third-order valence-corrected chi connectivity index (χ3v) is 9.51. The average Bonchev–Trinajstić information content (AvgIpc) is 3.63. The van der Waals surface area contributed by atoms with Gasteiger partial charge in [0.2, 0.25) is 0 Å². The summed E-state index contributed by atoms with van der Waals surface area (Å²) in [5.74, 6) is 0. The Bertz CT molecular complexity index is 2320. The third-order valence-electron chi connectivity index (χ3n) is 8.41. The van der Waals surface area contributed by atoms with Crippen molar-refractivity contribution in [2.24, 2.45) is 0 Å². The number of thiophene rings is 1. The number of para-hydroxylation sites is 2. The Morgan fingerprint density at radius 2 is 0.950 bits per heavy atom. The average molecular weight is 526 g/mol. The maximum atomic E-state index is 2.42. The Morgan fingerprint density at radius 1 is 0.400 bits per heavy atom. The summed E-state index contributed by atoms with van der Waals surface area (Å²) in [5.41, 5.74) is 6.35. The number of nitrogens with zero attached hydrogens (tertiary/aromatic N) is 1. The Morgan fingerprint density at radius 3 is 1.62 bits per heavy atom. The predicted octanol–water partition coefficient (Wildman–Crippen LogP) is 11.1. The molecule has 0 radical (unpaired) electrons. The molecular formula is C38H23NS. The molecule has 0 amide bonds. The van der Waals surface area contributed by atoms with Crippen molar-refractivity contribution in [3.8, 4) is 26.6 Å². The molecule has 1 nitrogen and oxygen atoms in total. The first-order chi connectivity index (χ1) is 19.8. The molecule has 7 aromatic carbocycles. The Hall–Kier alpha value is -4.92. The summed E-state index contributed by atoms with van der Waals surface area (Å²) in [7, 11) is 0. The molecule has 186 valence electrons. The molecule has 0 unspecified atom stereocenters. The number of benzene rings is 7. The maximum absolute atomic E-state index is 2.42. The predicted molar refractivity (Wildman–Crippen MR) is 173 cm³/mol. The standard InChI is InChI=1S/C38H23NS/c1-2-8-24(9-3-1)27-18-14-25-17-21-32-30(19-15-26-16-20-31(27)37(25)38(26)32)35-22-23-36(40-35)39-33-12-6-4-10-28(33)29-11-5-7-13-34(29)39/h1-23H. The molecule has 2 aromatic heterocycles. The zero-order valence-electron chi connectivity index (χ0n) is 21.6. The first-order valence-corrected chi connectivity index (χ1v) is 14.5. The highest BCUT2D eigenvalue weighted by Gasteiger charge is 2.17. The van der Waals surface area contributed by atoms with Crippen molar-refractivity contribution >= 4 is 65.5 Å². The molecule has 0 saturated heterocycles. The van der Waals surface area contributed by atoms with Crippen molar-refractivity contribution in [1.82, 2.24) is 4.57 Å². The van der Waals surface area contributed by atoms with E-state index in [9.17, 15) is 0 Å². The lowest BCUT2D eigenvalue weighted by Crippen LogP contribution is -1.89. The van der Waals surface area contributed by atoms with Gasteiger partial charge in [-0.25, -0.2) is 0 Å². The zero-order chi connectivity index (χ0) is 26.2. The molecule has 0 fully saturated rings. The topological polar surface area (TPSA) is 4.93 Å². The highest BCUT2D eigenvalue weighted by molar-refractivity contribution is 7.18. The first-order valence-electron chi connectivity index (χ1n) is 13.7. The number of aromatic nitrogens is 1. The second-order valence-electron chi connectivity index (χ2n) is 10.5.